The molecule has 0 aliphatic heterocycles. The van der Waals surface area contributed by atoms with Crippen LogP contribution in [0.2, 0.25) is 0 Å². The average Bonchev–Trinajstić information content (AvgIpc) is 2.82. The van der Waals surface area contributed by atoms with Gasteiger partial charge in [0.25, 0.3) is 0 Å². The molecule has 3 N–H and O–H groups in total. The molecule has 0 saturated carbocycles. The first-order valence-electron chi connectivity index (χ1n) is 11.2. The Balaban J connectivity index is 1.43. The van der Waals surface area contributed by atoms with Gasteiger partial charge in [-0.05, 0) is 60.4 Å². The molecule has 3 rings (SSSR count). The molecule has 0 spiro atoms. The van der Waals surface area contributed by atoms with Crippen LogP contribution in [-0.2, 0) is 16.0 Å². The van der Waals surface area contributed by atoms with Crippen molar-refractivity contribution in [3.63, 3.8) is 0 Å². The number of benzene rings is 3. The summed E-state index contributed by atoms with van der Waals surface area (Å²) in [6.07, 6.45) is 1.10. The van der Waals surface area contributed by atoms with Crippen LogP contribution in [0.25, 0.3) is 0 Å². The third-order valence-corrected chi connectivity index (χ3v) is 4.80. The topological polar surface area (TPSA) is 79.5 Å². The minimum atomic E-state index is -0.164. The van der Waals surface area contributed by atoms with Crippen LogP contribution >= 0.6 is 0 Å². The first-order valence-corrected chi connectivity index (χ1v) is 11.2. The number of amides is 2. The predicted molar refractivity (Wildman–Crippen MR) is 134 cm³/mol. The van der Waals surface area contributed by atoms with Gasteiger partial charge in [0.15, 0.2) is 0 Å². The highest BCUT2D eigenvalue weighted by molar-refractivity contribution is 5.94. The first kappa shape index (κ1) is 23.9. The second kappa shape index (κ2) is 12.3. The van der Waals surface area contributed by atoms with E-state index in [1.807, 2.05) is 78.9 Å². The summed E-state index contributed by atoms with van der Waals surface area (Å²) in [4.78, 5) is 24.6. The summed E-state index contributed by atoms with van der Waals surface area (Å²) < 4.78 is 5.65. The maximum absolute atomic E-state index is 12.3. The molecular formula is C27H31N3O3. The Morgan fingerprint density at radius 3 is 2.21 bits per heavy atom. The van der Waals surface area contributed by atoms with Crippen molar-refractivity contribution in [2.75, 3.05) is 29.1 Å². The fraction of sp³-hybridized carbons (Fsp3) is 0.259. The Morgan fingerprint density at radius 2 is 1.48 bits per heavy atom. The van der Waals surface area contributed by atoms with E-state index in [4.69, 9.17) is 4.74 Å². The summed E-state index contributed by atoms with van der Waals surface area (Å²) in [5, 5.41) is 8.86. The van der Waals surface area contributed by atoms with Crippen molar-refractivity contribution in [2.24, 2.45) is 5.92 Å². The molecule has 0 fully saturated rings. The fourth-order valence-electron chi connectivity index (χ4n) is 3.12. The van der Waals surface area contributed by atoms with Crippen molar-refractivity contribution in [2.45, 2.75) is 26.7 Å². The number of anilines is 3. The van der Waals surface area contributed by atoms with E-state index in [1.54, 1.807) is 0 Å². The van der Waals surface area contributed by atoms with Crippen LogP contribution in [0.4, 0.5) is 17.1 Å². The van der Waals surface area contributed by atoms with Crippen molar-refractivity contribution < 1.29 is 14.3 Å². The molecule has 3 aromatic rings. The number of carbonyl (C=O) groups is 2. The van der Waals surface area contributed by atoms with Crippen molar-refractivity contribution in [3.8, 4) is 5.75 Å². The molecule has 0 saturated heterocycles. The largest absolute Gasteiger partial charge is 0.493 e. The van der Waals surface area contributed by atoms with Crippen LogP contribution < -0.4 is 20.7 Å². The third kappa shape index (κ3) is 8.69. The van der Waals surface area contributed by atoms with E-state index >= 15 is 0 Å². The number of carbonyl (C=O) groups excluding carboxylic acids is 2. The Bertz CT molecular complexity index is 1030. The van der Waals surface area contributed by atoms with E-state index < -0.39 is 0 Å². The van der Waals surface area contributed by atoms with Crippen LogP contribution in [0.5, 0.6) is 5.75 Å². The summed E-state index contributed by atoms with van der Waals surface area (Å²) in [6, 6.07) is 24.6. The van der Waals surface area contributed by atoms with Crippen LogP contribution in [-0.4, -0.2) is 25.0 Å². The molecule has 0 unspecified atom stereocenters. The number of nitrogens with one attached hydrogen (secondary N) is 3. The second-order valence-electron chi connectivity index (χ2n) is 8.25. The molecular weight excluding hydrogens is 414 g/mol. The van der Waals surface area contributed by atoms with E-state index in [0.717, 1.165) is 17.0 Å². The SMILES string of the molecule is CC(C)COc1ccc(NC(=O)CNc2cccc(NC(=O)CCc3ccccc3)c2)cc1. The molecule has 33 heavy (non-hydrogen) atoms. The van der Waals surface area contributed by atoms with Crippen molar-refractivity contribution >= 4 is 28.9 Å². The number of ether oxygens (including phenoxy) is 1. The molecule has 0 aliphatic carbocycles. The third-order valence-electron chi connectivity index (χ3n) is 4.80. The average molecular weight is 446 g/mol. The smallest absolute Gasteiger partial charge is 0.243 e. The van der Waals surface area contributed by atoms with Crippen LogP contribution in [0.3, 0.4) is 0 Å². The number of aryl methyl sites for hydroxylation is 1. The highest BCUT2D eigenvalue weighted by Crippen LogP contribution is 2.18. The van der Waals surface area contributed by atoms with Gasteiger partial charge < -0.3 is 20.7 Å². The highest BCUT2D eigenvalue weighted by Gasteiger charge is 2.06. The Hall–Kier alpha value is -3.80. The Labute approximate surface area is 195 Å². The zero-order valence-electron chi connectivity index (χ0n) is 19.1. The molecule has 6 nitrogen and oxygen atoms in total. The zero-order chi connectivity index (χ0) is 23.5. The molecule has 0 radical (unpaired) electrons. The van der Waals surface area contributed by atoms with Crippen LogP contribution in [0, 0.1) is 5.92 Å². The van der Waals surface area contributed by atoms with Gasteiger partial charge in [0, 0.05) is 23.5 Å². The standard InChI is InChI=1S/C27H31N3O3/c1-20(2)19-33-25-14-12-22(13-15-25)29-27(32)18-28-23-9-6-10-24(17-23)30-26(31)16-11-21-7-4-3-5-8-21/h3-10,12-15,17,20,28H,11,16,18-19H2,1-2H3,(H,29,32)(H,30,31). The quantitative estimate of drug-likeness (QED) is 0.372. The molecule has 172 valence electrons. The van der Waals surface area contributed by atoms with Gasteiger partial charge >= 0.3 is 0 Å². The van der Waals surface area contributed by atoms with Crippen LogP contribution in [0.15, 0.2) is 78.9 Å². The van der Waals surface area contributed by atoms with E-state index in [1.165, 1.54) is 0 Å². The van der Waals surface area contributed by atoms with Gasteiger partial charge in [-0.1, -0.05) is 50.2 Å². The maximum atomic E-state index is 12.3. The van der Waals surface area contributed by atoms with Gasteiger partial charge in [0.1, 0.15) is 5.75 Å². The number of hydrogen-bond donors (Lipinski definition) is 3. The lowest BCUT2D eigenvalue weighted by molar-refractivity contribution is -0.116. The number of rotatable bonds is 11. The fourth-order valence-corrected chi connectivity index (χ4v) is 3.12. The van der Waals surface area contributed by atoms with Gasteiger partial charge in [-0.3, -0.25) is 9.59 Å². The lowest BCUT2D eigenvalue weighted by atomic mass is 10.1. The van der Waals surface area contributed by atoms with Crippen LogP contribution in [0.1, 0.15) is 25.8 Å². The lowest BCUT2D eigenvalue weighted by Crippen LogP contribution is -2.21. The highest BCUT2D eigenvalue weighted by atomic mass is 16.5. The van der Waals surface area contributed by atoms with E-state index in [2.05, 4.69) is 29.8 Å². The molecule has 6 heteroatoms. The zero-order valence-corrected chi connectivity index (χ0v) is 19.1. The summed E-state index contributed by atoms with van der Waals surface area (Å²) in [7, 11) is 0. The molecule has 0 aliphatic rings. The van der Waals surface area contributed by atoms with E-state index in [0.29, 0.717) is 36.7 Å². The Morgan fingerprint density at radius 1 is 0.788 bits per heavy atom. The normalized spacial score (nSPS) is 10.5. The molecule has 0 heterocycles. The van der Waals surface area contributed by atoms with Crippen molar-refractivity contribution in [3.05, 3.63) is 84.4 Å². The van der Waals surface area contributed by atoms with Gasteiger partial charge in [0.05, 0.1) is 13.2 Å². The van der Waals surface area contributed by atoms with Gasteiger partial charge in [-0.2, -0.15) is 0 Å². The van der Waals surface area contributed by atoms with Gasteiger partial charge in [-0.25, -0.2) is 0 Å². The maximum Gasteiger partial charge on any atom is 0.243 e. The second-order valence-corrected chi connectivity index (χ2v) is 8.25. The summed E-state index contributed by atoms with van der Waals surface area (Å²) >= 11 is 0. The molecule has 0 aromatic heterocycles. The number of hydrogen-bond acceptors (Lipinski definition) is 4. The molecule has 0 bridgehead atoms. The first-order chi connectivity index (χ1) is 16.0. The summed E-state index contributed by atoms with van der Waals surface area (Å²) in [6.45, 7) is 4.95. The Kier molecular flexibility index (Phi) is 8.88. The molecule has 2 amide bonds. The van der Waals surface area contributed by atoms with Crippen molar-refractivity contribution in [1.29, 1.82) is 0 Å². The molecule has 3 aromatic carbocycles. The minimum Gasteiger partial charge on any atom is -0.493 e. The van der Waals surface area contributed by atoms with Gasteiger partial charge in [0.2, 0.25) is 11.8 Å². The molecule has 0 atom stereocenters. The van der Waals surface area contributed by atoms with E-state index in [-0.39, 0.29) is 18.4 Å². The monoisotopic (exact) mass is 445 g/mol. The van der Waals surface area contributed by atoms with Gasteiger partial charge in [-0.15, -0.1) is 0 Å². The minimum absolute atomic E-state index is 0.0467. The predicted octanol–water partition coefficient (Wildman–Crippen LogP) is 5.34. The summed E-state index contributed by atoms with van der Waals surface area (Å²) in [5.74, 6) is 1.02. The van der Waals surface area contributed by atoms with Crippen molar-refractivity contribution in [1.82, 2.24) is 0 Å². The lowest BCUT2D eigenvalue weighted by Gasteiger charge is -2.11. The summed E-state index contributed by atoms with van der Waals surface area (Å²) in [5.41, 5.74) is 3.28. The van der Waals surface area contributed by atoms with E-state index in [9.17, 15) is 9.59 Å².